The van der Waals surface area contributed by atoms with Crippen LogP contribution in [0.4, 0.5) is 0 Å². The molecule has 0 aliphatic rings. The summed E-state index contributed by atoms with van der Waals surface area (Å²) in [6.07, 6.45) is 5.05. The molecule has 0 bridgehead atoms. The van der Waals surface area contributed by atoms with E-state index >= 15 is 0 Å². The Bertz CT molecular complexity index is 260. The van der Waals surface area contributed by atoms with Crippen LogP contribution >= 0.6 is 11.8 Å². The molecule has 0 aromatic rings. The van der Waals surface area contributed by atoms with Crippen molar-refractivity contribution in [3.63, 3.8) is 0 Å². The van der Waals surface area contributed by atoms with Crippen LogP contribution in [0, 0.1) is 0 Å². The number of hydrogen-bond acceptors (Lipinski definition) is 4. The van der Waals surface area contributed by atoms with E-state index in [0.717, 1.165) is 6.08 Å². The molecule has 1 unspecified atom stereocenters. The van der Waals surface area contributed by atoms with Crippen LogP contribution in [-0.2, 0) is 14.3 Å². The number of carbonyl (C=O) groups is 2. The van der Waals surface area contributed by atoms with E-state index < -0.39 is 18.0 Å². The largest absolute Gasteiger partial charge is 0.479 e. The molecule has 0 aromatic heterocycles. The molecule has 0 saturated carbocycles. The van der Waals surface area contributed by atoms with Gasteiger partial charge in [-0.3, -0.25) is 0 Å². The Labute approximate surface area is 93.0 Å². The Balaban J connectivity index is 4.15. The Morgan fingerprint density at radius 1 is 1.60 bits per heavy atom. The highest BCUT2D eigenvalue weighted by Gasteiger charge is 2.20. The number of carbonyl (C=O) groups excluding carboxylic acids is 1. The molecule has 0 spiro atoms. The van der Waals surface area contributed by atoms with Crippen molar-refractivity contribution in [3.05, 3.63) is 24.8 Å². The Morgan fingerprint density at radius 2 is 2.27 bits per heavy atom. The summed E-state index contributed by atoms with van der Waals surface area (Å²) in [4.78, 5) is 21.7. The summed E-state index contributed by atoms with van der Waals surface area (Å²) >= 11 is 1.50. The highest BCUT2D eigenvalue weighted by Crippen LogP contribution is 2.05. The zero-order valence-corrected chi connectivity index (χ0v) is 9.33. The van der Waals surface area contributed by atoms with Gasteiger partial charge < -0.3 is 9.84 Å². The fourth-order valence-electron chi connectivity index (χ4n) is 0.784. The minimum absolute atomic E-state index is 0.310. The maximum Gasteiger partial charge on any atom is 0.345 e. The first-order chi connectivity index (χ1) is 7.11. The molecule has 1 atom stereocenters. The summed E-state index contributed by atoms with van der Waals surface area (Å²) in [7, 11) is 0. The van der Waals surface area contributed by atoms with Gasteiger partial charge in [-0.05, 0) is 12.0 Å². The number of carboxylic acid groups (broad SMARTS) is 1. The summed E-state index contributed by atoms with van der Waals surface area (Å²) in [6.45, 7) is 3.38. The summed E-state index contributed by atoms with van der Waals surface area (Å²) in [6, 6.07) is 0. The number of rotatable bonds is 7. The topological polar surface area (TPSA) is 63.6 Å². The average Bonchev–Trinajstić information content (AvgIpc) is 2.20. The van der Waals surface area contributed by atoms with Crippen LogP contribution in [0.3, 0.4) is 0 Å². The Morgan fingerprint density at radius 3 is 2.73 bits per heavy atom. The van der Waals surface area contributed by atoms with Gasteiger partial charge in [0.25, 0.3) is 0 Å². The number of carboxylic acids is 1. The van der Waals surface area contributed by atoms with Crippen molar-refractivity contribution in [1.29, 1.82) is 0 Å². The van der Waals surface area contributed by atoms with E-state index in [4.69, 9.17) is 9.84 Å². The molecule has 15 heavy (non-hydrogen) atoms. The maximum absolute atomic E-state index is 11.1. The zero-order chi connectivity index (χ0) is 11.7. The van der Waals surface area contributed by atoms with E-state index in [1.165, 1.54) is 23.9 Å². The second-order valence-corrected chi connectivity index (χ2v) is 3.63. The van der Waals surface area contributed by atoms with E-state index in [1.54, 1.807) is 0 Å². The maximum atomic E-state index is 11.1. The molecule has 0 aliphatic carbocycles. The van der Waals surface area contributed by atoms with E-state index in [1.807, 2.05) is 6.26 Å². The molecule has 0 aliphatic heterocycles. The van der Waals surface area contributed by atoms with Gasteiger partial charge in [-0.2, -0.15) is 11.8 Å². The van der Waals surface area contributed by atoms with Gasteiger partial charge in [0.05, 0.1) is 0 Å². The lowest BCUT2D eigenvalue weighted by atomic mass is 10.3. The van der Waals surface area contributed by atoms with E-state index in [9.17, 15) is 9.59 Å². The minimum atomic E-state index is -1.12. The first-order valence-electron chi connectivity index (χ1n) is 4.33. The van der Waals surface area contributed by atoms with Crippen molar-refractivity contribution in [2.24, 2.45) is 0 Å². The standard InChI is InChI=1S/C10H14O4S/c1-3-4-5-9(11)14-8(10(12)13)6-7-15-2/h3-5,8H,1,6-7H2,2H3,(H,12,13). The van der Waals surface area contributed by atoms with Crippen molar-refractivity contribution in [2.45, 2.75) is 12.5 Å². The fraction of sp³-hybridized carbons (Fsp3) is 0.400. The van der Waals surface area contributed by atoms with E-state index in [0.29, 0.717) is 12.2 Å². The third-order valence-electron chi connectivity index (χ3n) is 1.49. The molecule has 1 N–H and O–H groups in total. The average molecular weight is 230 g/mol. The summed E-state index contributed by atoms with van der Waals surface area (Å²) in [5, 5.41) is 8.74. The Kier molecular flexibility index (Phi) is 7.44. The van der Waals surface area contributed by atoms with E-state index in [2.05, 4.69) is 6.58 Å². The molecule has 0 saturated heterocycles. The van der Waals surface area contributed by atoms with Gasteiger partial charge in [-0.15, -0.1) is 0 Å². The molecule has 84 valence electrons. The van der Waals surface area contributed by atoms with Crippen molar-refractivity contribution in [1.82, 2.24) is 0 Å². The van der Waals surface area contributed by atoms with Crippen LogP contribution in [0.25, 0.3) is 0 Å². The molecular weight excluding hydrogens is 216 g/mol. The molecule has 0 amide bonds. The van der Waals surface area contributed by atoms with Crippen LogP contribution in [0.1, 0.15) is 6.42 Å². The first-order valence-corrected chi connectivity index (χ1v) is 5.72. The van der Waals surface area contributed by atoms with Gasteiger partial charge in [0, 0.05) is 12.5 Å². The van der Waals surface area contributed by atoms with Gasteiger partial charge in [0.1, 0.15) is 0 Å². The predicted octanol–water partition coefficient (Wildman–Crippen LogP) is 1.48. The number of esters is 1. The molecule has 0 rings (SSSR count). The molecular formula is C10H14O4S. The molecule has 0 fully saturated rings. The van der Waals surface area contributed by atoms with Crippen LogP contribution in [-0.4, -0.2) is 35.2 Å². The third kappa shape index (κ3) is 6.79. The van der Waals surface area contributed by atoms with Crippen molar-refractivity contribution in [3.8, 4) is 0 Å². The van der Waals surface area contributed by atoms with Crippen LogP contribution in [0.15, 0.2) is 24.8 Å². The highest BCUT2D eigenvalue weighted by molar-refractivity contribution is 7.98. The van der Waals surface area contributed by atoms with Crippen LogP contribution in [0.5, 0.6) is 0 Å². The molecule has 5 heteroatoms. The van der Waals surface area contributed by atoms with Gasteiger partial charge in [0.15, 0.2) is 6.10 Å². The quantitative estimate of drug-likeness (QED) is 0.408. The molecule has 0 aromatic carbocycles. The Hall–Kier alpha value is -1.23. The zero-order valence-electron chi connectivity index (χ0n) is 8.51. The van der Waals surface area contributed by atoms with Crippen molar-refractivity contribution < 1.29 is 19.4 Å². The highest BCUT2D eigenvalue weighted by atomic mass is 32.2. The predicted molar refractivity (Wildman–Crippen MR) is 59.9 cm³/mol. The van der Waals surface area contributed by atoms with Gasteiger partial charge >= 0.3 is 11.9 Å². The van der Waals surface area contributed by atoms with Crippen molar-refractivity contribution in [2.75, 3.05) is 12.0 Å². The lowest BCUT2D eigenvalue weighted by Crippen LogP contribution is -2.26. The first kappa shape index (κ1) is 13.8. The second kappa shape index (κ2) is 8.11. The van der Waals surface area contributed by atoms with Crippen LogP contribution < -0.4 is 0 Å². The van der Waals surface area contributed by atoms with Gasteiger partial charge in [-0.25, -0.2) is 9.59 Å². The van der Waals surface area contributed by atoms with Crippen LogP contribution in [0.2, 0.25) is 0 Å². The SMILES string of the molecule is C=CC=CC(=O)OC(CCSC)C(=O)O. The van der Waals surface area contributed by atoms with Gasteiger partial charge in [0.2, 0.25) is 0 Å². The lowest BCUT2D eigenvalue weighted by molar-refractivity contribution is -0.160. The third-order valence-corrected chi connectivity index (χ3v) is 2.13. The van der Waals surface area contributed by atoms with Crippen molar-refractivity contribution >= 4 is 23.7 Å². The summed E-state index contributed by atoms with van der Waals surface area (Å²) < 4.78 is 4.73. The van der Waals surface area contributed by atoms with Gasteiger partial charge in [-0.1, -0.05) is 18.7 Å². The normalized spacial score (nSPS) is 12.3. The number of allylic oxidation sites excluding steroid dienone is 2. The van der Waals surface area contributed by atoms with E-state index in [-0.39, 0.29) is 0 Å². The number of ether oxygens (including phenoxy) is 1. The minimum Gasteiger partial charge on any atom is -0.479 e. The number of aliphatic carboxylic acids is 1. The smallest absolute Gasteiger partial charge is 0.345 e. The lowest BCUT2D eigenvalue weighted by Gasteiger charge is -2.11. The molecule has 4 nitrogen and oxygen atoms in total. The fourth-order valence-corrected chi connectivity index (χ4v) is 1.23. The molecule has 0 heterocycles. The molecule has 0 radical (unpaired) electrons. The summed E-state index contributed by atoms with van der Waals surface area (Å²) in [5.74, 6) is -1.15. The number of thioether (sulfide) groups is 1. The second-order valence-electron chi connectivity index (χ2n) is 2.64. The summed E-state index contributed by atoms with van der Waals surface area (Å²) in [5.41, 5.74) is 0. The monoisotopic (exact) mass is 230 g/mol. The number of hydrogen-bond donors (Lipinski definition) is 1.